The molecular weight excluding hydrogens is 446 g/mol. The van der Waals surface area contributed by atoms with Gasteiger partial charge in [0.15, 0.2) is 5.96 Å². The van der Waals surface area contributed by atoms with Crippen LogP contribution in [0, 0.1) is 5.82 Å². The number of hydrogen-bond acceptors (Lipinski definition) is 3. The topological polar surface area (TPSA) is 48.9 Å². The van der Waals surface area contributed by atoms with Gasteiger partial charge in [0.25, 0.3) is 0 Å². The minimum Gasteiger partial charge on any atom is -0.380 e. The zero-order valence-electron chi connectivity index (χ0n) is 16.2. The molecule has 2 N–H and O–H groups in total. The number of methoxy groups -OCH3 is 1. The summed E-state index contributed by atoms with van der Waals surface area (Å²) in [6, 6.07) is 6.16. The van der Waals surface area contributed by atoms with Gasteiger partial charge in [-0.25, -0.2) is 4.39 Å². The zero-order valence-corrected chi connectivity index (χ0v) is 18.5. The Bertz CT molecular complexity index is 575. The van der Waals surface area contributed by atoms with E-state index in [-0.39, 0.29) is 36.4 Å². The molecule has 0 radical (unpaired) electrons. The van der Waals surface area contributed by atoms with Crippen molar-refractivity contribution in [1.29, 1.82) is 0 Å². The molecule has 0 atom stereocenters. The van der Waals surface area contributed by atoms with Gasteiger partial charge in [0.2, 0.25) is 0 Å². The van der Waals surface area contributed by atoms with Crippen LogP contribution in [0.1, 0.15) is 37.8 Å². The van der Waals surface area contributed by atoms with Crippen molar-refractivity contribution in [2.45, 2.75) is 51.9 Å². The molecule has 1 aliphatic rings. The summed E-state index contributed by atoms with van der Waals surface area (Å²) in [6.07, 6.45) is 2.24. The highest BCUT2D eigenvalue weighted by atomic mass is 127. The van der Waals surface area contributed by atoms with Gasteiger partial charge in [-0.1, -0.05) is 6.07 Å². The van der Waals surface area contributed by atoms with E-state index in [2.05, 4.69) is 34.4 Å². The van der Waals surface area contributed by atoms with Crippen LogP contribution in [0.15, 0.2) is 23.2 Å². The molecule has 0 aliphatic carbocycles. The van der Waals surface area contributed by atoms with Crippen LogP contribution in [0.2, 0.25) is 0 Å². The van der Waals surface area contributed by atoms with Gasteiger partial charge < -0.3 is 20.3 Å². The number of likely N-dealkylation sites (tertiary alicyclic amines) is 1. The summed E-state index contributed by atoms with van der Waals surface area (Å²) in [5, 5.41) is 6.82. The van der Waals surface area contributed by atoms with Crippen LogP contribution < -0.4 is 10.6 Å². The van der Waals surface area contributed by atoms with Crippen molar-refractivity contribution in [2.75, 3.05) is 27.2 Å². The maximum atomic E-state index is 13.7. The molecule has 0 spiro atoms. The molecule has 0 saturated carbocycles. The van der Waals surface area contributed by atoms with Crippen molar-refractivity contribution in [3.05, 3.63) is 35.1 Å². The molecule has 26 heavy (non-hydrogen) atoms. The second-order valence-corrected chi connectivity index (χ2v) is 6.83. The normalized spacial score (nSPS) is 16.5. The lowest BCUT2D eigenvalue weighted by Crippen LogP contribution is -2.49. The first-order valence-electron chi connectivity index (χ1n) is 9.01. The van der Waals surface area contributed by atoms with Crippen LogP contribution in [0.25, 0.3) is 0 Å². The van der Waals surface area contributed by atoms with E-state index in [1.54, 1.807) is 20.2 Å². The van der Waals surface area contributed by atoms with Gasteiger partial charge in [-0.05, 0) is 44.4 Å². The summed E-state index contributed by atoms with van der Waals surface area (Å²) in [5.74, 6) is 0.561. The Hall–Kier alpha value is -0.930. The number of piperidine rings is 1. The average molecular weight is 478 g/mol. The smallest absolute Gasteiger partial charge is 0.191 e. The second kappa shape index (κ2) is 11.7. The van der Waals surface area contributed by atoms with E-state index in [9.17, 15) is 4.39 Å². The first-order valence-corrected chi connectivity index (χ1v) is 9.01. The lowest BCUT2D eigenvalue weighted by Gasteiger charge is -2.35. The first kappa shape index (κ1) is 23.1. The zero-order chi connectivity index (χ0) is 18.2. The molecule has 2 rings (SSSR count). The van der Waals surface area contributed by atoms with Crippen LogP contribution in [0.5, 0.6) is 0 Å². The number of guanidine groups is 1. The number of rotatable bonds is 6. The number of nitrogens with one attached hydrogen (secondary N) is 2. The minimum absolute atomic E-state index is 0. The van der Waals surface area contributed by atoms with E-state index in [4.69, 9.17) is 4.74 Å². The van der Waals surface area contributed by atoms with Crippen LogP contribution in [-0.4, -0.2) is 50.2 Å². The first-order chi connectivity index (χ1) is 12.0. The molecule has 148 valence electrons. The summed E-state index contributed by atoms with van der Waals surface area (Å²) < 4.78 is 18.7. The van der Waals surface area contributed by atoms with E-state index < -0.39 is 0 Å². The predicted octanol–water partition coefficient (Wildman–Crippen LogP) is 3.13. The molecule has 1 aliphatic heterocycles. The number of aliphatic imine (C=N–C) groups is 1. The van der Waals surface area contributed by atoms with Crippen LogP contribution in [0.3, 0.4) is 0 Å². The third-order valence-electron chi connectivity index (χ3n) is 4.69. The fourth-order valence-corrected chi connectivity index (χ4v) is 3.14. The molecule has 1 heterocycles. The molecule has 7 heteroatoms. The fraction of sp³-hybridized carbons (Fsp3) is 0.632. The van der Waals surface area contributed by atoms with Crippen molar-refractivity contribution in [3.8, 4) is 0 Å². The summed E-state index contributed by atoms with van der Waals surface area (Å²) in [6.45, 7) is 7.60. The largest absolute Gasteiger partial charge is 0.380 e. The van der Waals surface area contributed by atoms with Crippen LogP contribution >= 0.6 is 24.0 Å². The molecule has 1 aromatic rings. The molecule has 0 unspecified atom stereocenters. The predicted molar refractivity (Wildman–Crippen MR) is 116 cm³/mol. The molecule has 1 aromatic carbocycles. The maximum Gasteiger partial charge on any atom is 0.191 e. The number of ether oxygens (including phenoxy) is 1. The van der Waals surface area contributed by atoms with Crippen molar-refractivity contribution < 1.29 is 9.13 Å². The van der Waals surface area contributed by atoms with E-state index in [1.165, 1.54) is 6.07 Å². The van der Waals surface area contributed by atoms with Crippen LogP contribution in [0.4, 0.5) is 4.39 Å². The summed E-state index contributed by atoms with van der Waals surface area (Å²) in [4.78, 5) is 6.81. The van der Waals surface area contributed by atoms with Gasteiger partial charge in [0.05, 0.1) is 6.61 Å². The van der Waals surface area contributed by atoms with Gasteiger partial charge in [0, 0.05) is 51.4 Å². The molecule has 1 saturated heterocycles. The Morgan fingerprint density at radius 1 is 1.35 bits per heavy atom. The van der Waals surface area contributed by atoms with Crippen molar-refractivity contribution >= 4 is 29.9 Å². The van der Waals surface area contributed by atoms with E-state index in [1.807, 2.05) is 6.07 Å². The van der Waals surface area contributed by atoms with Gasteiger partial charge >= 0.3 is 0 Å². The third-order valence-corrected chi connectivity index (χ3v) is 4.69. The molecule has 0 aromatic heterocycles. The van der Waals surface area contributed by atoms with Crippen molar-refractivity contribution in [3.63, 3.8) is 0 Å². The Balaban J connectivity index is 0.00000338. The van der Waals surface area contributed by atoms with Gasteiger partial charge in [-0.15, -0.1) is 24.0 Å². The van der Waals surface area contributed by atoms with Gasteiger partial charge in [-0.3, -0.25) is 4.99 Å². The van der Waals surface area contributed by atoms with E-state index in [0.717, 1.165) is 37.5 Å². The Morgan fingerprint density at radius 2 is 2.04 bits per heavy atom. The number of hydrogen-bond donors (Lipinski definition) is 2. The standard InChI is InChI=1S/C19H31FN4O.HI/c1-14(2)24-9-7-17(8-10-24)23-19(21-3)22-12-15-5-6-18(20)16(11-15)13-25-4;/h5-6,11,14,17H,7-10,12-13H2,1-4H3,(H2,21,22,23);1H. The number of halogens is 2. The third kappa shape index (κ3) is 7.00. The summed E-state index contributed by atoms with van der Waals surface area (Å²) >= 11 is 0. The highest BCUT2D eigenvalue weighted by Gasteiger charge is 2.21. The van der Waals surface area contributed by atoms with Gasteiger partial charge in [0.1, 0.15) is 5.82 Å². The number of benzene rings is 1. The van der Waals surface area contributed by atoms with Crippen molar-refractivity contribution in [1.82, 2.24) is 15.5 Å². The summed E-state index contributed by atoms with van der Waals surface area (Å²) in [5.41, 5.74) is 1.58. The fourth-order valence-electron chi connectivity index (χ4n) is 3.14. The lowest BCUT2D eigenvalue weighted by molar-refractivity contribution is 0.167. The Kier molecular flexibility index (Phi) is 10.4. The summed E-state index contributed by atoms with van der Waals surface area (Å²) in [7, 11) is 3.35. The maximum absolute atomic E-state index is 13.7. The molecule has 0 amide bonds. The molecular formula is C19H32FIN4O. The Labute approximate surface area is 173 Å². The monoisotopic (exact) mass is 478 g/mol. The van der Waals surface area contributed by atoms with E-state index >= 15 is 0 Å². The lowest BCUT2D eigenvalue weighted by atomic mass is 10.0. The van der Waals surface area contributed by atoms with Crippen LogP contribution in [-0.2, 0) is 17.9 Å². The minimum atomic E-state index is -0.231. The molecule has 5 nitrogen and oxygen atoms in total. The second-order valence-electron chi connectivity index (χ2n) is 6.83. The highest BCUT2D eigenvalue weighted by Crippen LogP contribution is 2.13. The average Bonchev–Trinajstić information content (AvgIpc) is 2.61. The van der Waals surface area contributed by atoms with Crippen molar-refractivity contribution in [2.24, 2.45) is 4.99 Å². The molecule has 0 bridgehead atoms. The Morgan fingerprint density at radius 3 is 2.62 bits per heavy atom. The quantitative estimate of drug-likeness (QED) is 0.375. The number of nitrogens with zero attached hydrogens (tertiary/aromatic N) is 2. The van der Waals surface area contributed by atoms with E-state index in [0.29, 0.717) is 24.2 Å². The highest BCUT2D eigenvalue weighted by molar-refractivity contribution is 14.0. The SMILES string of the molecule is CN=C(NCc1ccc(F)c(COC)c1)NC1CCN(C(C)C)CC1.I. The molecule has 1 fully saturated rings. The van der Waals surface area contributed by atoms with Gasteiger partial charge in [-0.2, -0.15) is 0 Å².